The Morgan fingerprint density at radius 2 is 2.20 bits per heavy atom. The molecule has 1 amide bonds. The summed E-state index contributed by atoms with van der Waals surface area (Å²) < 4.78 is 2.85. The molecule has 0 unspecified atom stereocenters. The Morgan fingerprint density at radius 3 is 2.85 bits per heavy atom. The first-order valence-electron chi connectivity index (χ1n) is 6.76. The minimum Gasteiger partial charge on any atom is -0.340 e. The second-order valence-corrected chi connectivity index (χ2v) is 5.92. The summed E-state index contributed by atoms with van der Waals surface area (Å²) >= 11 is 3.32. The van der Waals surface area contributed by atoms with Gasteiger partial charge in [0.25, 0.3) is 5.91 Å². The van der Waals surface area contributed by atoms with Gasteiger partial charge in [-0.25, -0.2) is 4.98 Å². The zero-order valence-electron chi connectivity index (χ0n) is 11.3. The molecule has 0 saturated heterocycles. The Bertz CT molecular complexity index is 646. The Balaban J connectivity index is 1.81. The third-order valence-electron chi connectivity index (χ3n) is 3.78. The van der Waals surface area contributed by atoms with Gasteiger partial charge in [0.2, 0.25) is 0 Å². The summed E-state index contributed by atoms with van der Waals surface area (Å²) in [6.45, 7) is 1.88. The van der Waals surface area contributed by atoms with E-state index < -0.39 is 0 Å². The van der Waals surface area contributed by atoms with E-state index in [1.165, 1.54) is 6.42 Å². The number of rotatable bonds is 3. The largest absolute Gasteiger partial charge is 0.340 e. The van der Waals surface area contributed by atoms with Crippen molar-refractivity contribution in [2.75, 3.05) is 5.32 Å². The first-order chi connectivity index (χ1) is 9.65. The first kappa shape index (κ1) is 13.4. The van der Waals surface area contributed by atoms with Crippen LogP contribution in [-0.2, 0) is 0 Å². The van der Waals surface area contributed by atoms with Gasteiger partial charge in [0, 0.05) is 12.2 Å². The predicted octanol–water partition coefficient (Wildman–Crippen LogP) is 3.93. The average Bonchev–Trinajstić information content (AvgIpc) is 2.79. The van der Waals surface area contributed by atoms with E-state index in [1.54, 1.807) is 0 Å². The molecule has 4 nitrogen and oxygen atoms in total. The molecular weight excluding hydrogens is 318 g/mol. The number of anilines is 1. The van der Waals surface area contributed by atoms with Gasteiger partial charge in [-0.2, -0.15) is 0 Å². The van der Waals surface area contributed by atoms with E-state index in [1.807, 2.05) is 37.4 Å². The molecule has 0 aliphatic heterocycles. The number of hydrogen-bond donors (Lipinski definition) is 1. The van der Waals surface area contributed by atoms with Crippen molar-refractivity contribution in [3.05, 3.63) is 46.5 Å². The maximum absolute atomic E-state index is 12.4. The monoisotopic (exact) mass is 333 g/mol. The lowest BCUT2D eigenvalue weighted by molar-refractivity contribution is 0.101. The van der Waals surface area contributed by atoms with Gasteiger partial charge in [0.15, 0.2) is 0 Å². The van der Waals surface area contributed by atoms with Gasteiger partial charge in [0.1, 0.15) is 10.3 Å². The van der Waals surface area contributed by atoms with Crippen LogP contribution in [-0.4, -0.2) is 15.5 Å². The van der Waals surface area contributed by atoms with E-state index in [-0.39, 0.29) is 5.91 Å². The molecule has 1 aliphatic rings. The summed E-state index contributed by atoms with van der Waals surface area (Å²) in [4.78, 5) is 16.7. The molecule has 0 bridgehead atoms. The van der Waals surface area contributed by atoms with Crippen molar-refractivity contribution >= 4 is 27.5 Å². The fraction of sp³-hybridized carbons (Fsp3) is 0.333. The number of aryl methyl sites for hydroxylation is 1. The molecule has 0 atom stereocenters. The molecule has 0 spiro atoms. The Labute approximate surface area is 126 Å². The van der Waals surface area contributed by atoms with E-state index in [0.29, 0.717) is 6.04 Å². The first-order valence-corrected chi connectivity index (χ1v) is 7.56. The van der Waals surface area contributed by atoms with Crippen molar-refractivity contribution in [1.29, 1.82) is 0 Å². The highest BCUT2D eigenvalue weighted by Crippen LogP contribution is 2.32. The quantitative estimate of drug-likeness (QED) is 0.865. The zero-order chi connectivity index (χ0) is 14.1. The molecule has 20 heavy (non-hydrogen) atoms. The topological polar surface area (TPSA) is 46.9 Å². The van der Waals surface area contributed by atoms with Crippen molar-refractivity contribution in [1.82, 2.24) is 9.55 Å². The number of hydrogen-bond acceptors (Lipinski definition) is 2. The van der Waals surface area contributed by atoms with Crippen LogP contribution in [0.4, 0.5) is 5.69 Å². The van der Waals surface area contributed by atoms with Crippen LogP contribution in [0.2, 0.25) is 0 Å². The standard InChI is InChI=1S/C15H16BrN3O/c1-10-12(7-8-14(16)17-10)18-15(20)13-6-3-9-19(13)11-4-2-5-11/h3,6-9,11H,2,4-5H2,1H3,(H,18,20). The third kappa shape index (κ3) is 2.50. The maximum atomic E-state index is 12.4. The Hall–Kier alpha value is -1.62. The lowest BCUT2D eigenvalue weighted by Gasteiger charge is -2.28. The predicted molar refractivity (Wildman–Crippen MR) is 81.9 cm³/mol. The fourth-order valence-corrected chi connectivity index (χ4v) is 2.82. The number of amides is 1. The molecule has 1 fully saturated rings. The number of aromatic nitrogens is 2. The maximum Gasteiger partial charge on any atom is 0.272 e. The molecule has 1 aliphatic carbocycles. The summed E-state index contributed by atoms with van der Waals surface area (Å²) in [6, 6.07) is 7.97. The third-order valence-corrected chi connectivity index (χ3v) is 4.22. The van der Waals surface area contributed by atoms with Gasteiger partial charge in [0.05, 0.1) is 11.4 Å². The summed E-state index contributed by atoms with van der Waals surface area (Å²) in [6.07, 6.45) is 5.56. The molecule has 2 heterocycles. The van der Waals surface area contributed by atoms with Crippen molar-refractivity contribution in [2.24, 2.45) is 0 Å². The molecule has 0 radical (unpaired) electrons. The zero-order valence-corrected chi connectivity index (χ0v) is 12.9. The number of carbonyl (C=O) groups is 1. The highest BCUT2D eigenvalue weighted by Gasteiger charge is 2.23. The van der Waals surface area contributed by atoms with Crippen molar-refractivity contribution in [3.63, 3.8) is 0 Å². The van der Waals surface area contributed by atoms with Crippen LogP contribution in [0.5, 0.6) is 0 Å². The minimum atomic E-state index is -0.0749. The summed E-state index contributed by atoms with van der Waals surface area (Å²) in [5.41, 5.74) is 2.27. The van der Waals surface area contributed by atoms with Crippen LogP contribution in [0.15, 0.2) is 35.1 Å². The van der Waals surface area contributed by atoms with Gasteiger partial charge in [-0.05, 0) is 66.4 Å². The minimum absolute atomic E-state index is 0.0749. The molecule has 2 aromatic heterocycles. The normalized spacial score (nSPS) is 14.9. The van der Waals surface area contributed by atoms with E-state index in [0.717, 1.165) is 34.5 Å². The fourth-order valence-electron chi connectivity index (χ4n) is 2.42. The number of nitrogens with one attached hydrogen (secondary N) is 1. The van der Waals surface area contributed by atoms with Crippen LogP contribution in [0.3, 0.4) is 0 Å². The van der Waals surface area contributed by atoms with Gasteiger partial charge in [-0.15, -0.1) is 0 Å². The molecule has 5 heteroatoms. The van der Waals surface area contributed by atoms with Crippen molar-refractivity contribution < 1.29 is 4.79 Å². The molecular formula is C15H16BrN3O. The van der Waals surface area contributed by atoms with Crippen LogP contribution >= 0.6 is 15.9 Å². The Kier molecular flexibility index (Phi) is 3.61. The average molecular weight is 334 g/mol. The lowest BCUT2D eigenvalue weighted by atomic mass is 9.93. The Morgan fingerprint density at radius 1 is 1.40 bits per heavy atom. The van der Waals surface area contributed by atoms with E-state index in [2.05, 4.69) is 30.8 Å². The molecule has 3 rings (SSSR count). The van der Waals surface area contributed by atoms with Crippen LogP contribution in [0.25, 0.3) is 0 Å². The van der Waals surface area contributed by atoms with Crippen molar-refractivity contribution in [3.8, 4) is 0 Å². The van der Waals surface area contributed by atoms with Gasteiger partial charge in [-0.1, -0.05) is 0 Å². The molecule has 2 aromatic rings. The highest BCUT2D eigenvalue weighted by atomic mass is 79.9. The van der Waals surface area contributed by atoms with Crippen LogP contribution < -0.4 is 5.32 Å². The number of carbonyl (C=O) groups excluding carboxylic acids is 1. The lowest BCUT2D eigenvalue weighted by Crippen LogP contribution is -2.23. The molecule has 104 valence electrons. The SMILES string of the molecule is Cc1nc(Br)ccc1NC(=O)c1cccn1C1CCC1. The van der Waals surface area contributed by atoms with E-state index in [4.69, 9.17) is 0 Å². The molecule has 1 saturated carbocycles. The second kappa shape index (κ2) is 5.40. The molecule has 1 N–H and O–H groups in total. The number of nitrogens with zero attached hydrogens (tertiary/aromatic N) is 2. The van der Waals surface area contributed by atoms with E-state index >= 15 is 0 Å². The number of halogens is 1. The summed E-state index contributed by atoms with van der Waals surface area (Å²) in [7, 11) is 0. The number of pyridine rings is 1. The summed E-state index contributed by atoms with van der Waals surface area (Å²) in [5.74, 6) is -0.0749. The van der Waals surface area contributed by atoms with Gasteiger partial charge in [-0.3, -0.25) is 4.79 Å². The summed E-state index contributed by atoms with van der Waals surface area (Å²) in [5, 5.41) is 2.94. The molecule has 0 aromatic carbocycles. The van der Waals surface area contributed by atoms with Crippen molar-refractivity contribution in [2.45, 2.75) is 32.2 Å². The van der Waals surface area contributed by atoms with Crippen LogP contribution in [0, 0.1) is 6.92 Å². The smallest absolute Gasteiger partial charge is 0.272 e. The highest BCUT2D eigenvalue weighted by molar-refractivity contribution is 9.10. The van der Waals surface area contributed by atoms with Crippen LogP contribution in [0.1, 0.15) is 41.5 Å². The van der Waals surface area contributed by atoms with Gasteiger partial charge < -0.3 is 9.88 Å². The van der Waals surface area contributed by atoms with E-state index in [9.17, 15) is 4.79 Å². The second-order valence-electron chi connectivity index (χ2n) is 5.11. The van der Waals surface area contributed by atoms with Gasteiger partial charge >= 0.3 is 0 Å².